The summed E-state index contributed by atoms with van der Waals surface area (Å²) in [6.07, 6.45) is 0. The molecule has 55 heavy (non-hydrogen) atoms. The zero-order valence-electron chi connectivity index (χ0n) is 29.9. The number of anilines is 6. The number of para-hydroxylation sites is 2. The summed E-state index contributed by atoms with van der Waals surface area (Å²) in [7, 11) is 0. The molecule has 0 saturated heterocycles. The summed E-state index contributed by atoms with van der Waals surface area (Å²) in [6.45, 7) is 0. The number of nitrogens with zero attached hydrogens (tertiary/aromatic N) is 2. The molecule has 0 atom stereocenters. The Kier molecular flexibility index (Phi) is 7.17. The van der Waals surface area contributed by atoms with Gasteiger partial charge in [0.15, 0.2) is 0 Å². The number of benzene rings is 9. The molecule has 0 aliphatic carbocycles. The first-order valence-electron chi connectivity index (χ1n) is 18.8. The fraction of sp³-hybridized carbons (Fsp3) is 0. The van der Waals surface area contributed by atoms with E-state index in [9.17, 15) is 0 Å². The van der Waals surface area contributed by atoms with E-state index in [1.165, 1.54) is 38.6 Å². The van der Waals surface area contributed by atoms with E-state index in [-0.39, 0.29) is 0 Å². The Balaban J connectivity index is 1.16. The highest BCUT2D eigenvalue weighted by Gasteiger charge is 2.32. The van der Waals surface area contributed by atoms with E-state index in [1.807, 2.05) is 12.1 Å². The van der Waals surface area contributed by atoms with Crippen molar-refractivity contribution in [2.24, 2.45) is 0 Å². The molecular formula is C52H34N2O. The van der Waals surface area contributed by atoms with Crippen molar-refractivity contribution in [2.45, 2.75) is 0 Å². The average Bonchev–Trinajstić information content (AvgIpc) is 3.64. The van der Waals surface area contributed by atoms with Crippen LogP contribution in [0.5, 0.6) is 0 Å². The van der Waals surface area contributed by atoms with Crippen molar-refractivity contribution in [3.63, 3.8) is 0 Å². The van der Waals surface area contributed by atoms with Gasteiger partial charge in [0.05, 0.1) is 28.4 Å². The van der Waals surface area contributed by atoms with Gasteiger partial charge >= 0.3 is 0 Å². The Morgan fingerprint density at radius 2 is 0.782 bits per heavy atom. The van der Waals surface area contributed by atoms with Crippen LogP contribution in [-0.4, -0.2) is 0 Å². The molecule has 2 heterocycles. The molecular weight excluding hydrogens is 669 g/mol. The molecule has 11 rings (SSSR count). The molecule has 1 aromatic heterocycles. The van der Waals surface area contributed by atoms with Gasteiger partial charge in [-0.3, -0.25) is 0 Å². The fourth-order valence-corrected chi connectivity index (χ4v) is 8.40. The quantitative estimate of drug-likeness (QED) is 0.178. The minimum Gasteiger partial charge on any atom is -0.456 e. The van der Waals surface area contributed by atoms with Crippen molar-refractivity contribution in [1.29, 1.82) is 0 Å². The van der Waals surface area contributed by atoms with Crippen LogP contribution in [0.4, 0.5) is 34.1 Å². The summed E-state index contributed by atoms with van der Waals surface area (Å²) >= 11 is 0. The van der Waals surface area contributed by atoms with Crippen LogP contribution < -0.4 is 9.80 Å². The molecule has 1 aliphatic heterocycles. The van der Waals surface area contributed by atoms with E-state index in [0.29, 0.717) is 0 Å². The monoisotopic (exact) mass is 702 g/mol. The van der Waals surface area contributed by atoms with E-state index in [1.54, 1.807) is 0 Å². The van der Waals surface area contributed by atoms with Crippen LogP contribution in [0.3, 0.4) is 0 Å². The van der Waals surface area contributed by atoms with E-state index >= 15 is 0 Å². The van der Waals surface area contributed by atoms with Crippen LogP contribution in [0.25, 0.3) is 66.1 Å². The molecule has 0 N–H and O–H groups in total. The SMILES string of the molecule is c1ccc(-c2ccc3c(c2)N(c2ccccc2)c2cc(-c4ccccc4)ccc2N3c2ccc(-c3ccc4oc5ccccc5c4c3)c3ccccc23)cc1. The Morgan fingerprint density at radius 1 is 0.273 bits per heavy atom. The smallest absolute Gasteiger partial charge is 0.135 e. The molecule has 3 nitrogen and oxygen atoms in total. The van der Waals surface area contributed by atoms with Crippen LogP contribution >= 0.6 is 0 Å². The average molecular weight is 703 g/mol. The van der Waals surface area contributed by atoms with Gasteiger partial charge in [0.1, 0.15) is 11.2 Å². The maximum absolute atomic E-state index is 6.20. The van der Waals surface area contributed by atoms with Gasteiger partial charge < -0.3 is 14.2 Å². The van der Waals surface area contributed by atoms with Gasteiger partial charge in [-0.15, -0.1) is 0 Å². The van der Waals surface area contributed by atoms with Crippen LogP contribution in [0.2, 0.25) is 0 Å². The van der Waals surface area contributed by atoms with E-state index in [4.69, 9.17) is 4.42 Å². The van der Waals surface area contributed by atoms with Crippen molar-refractivity contribution >= 4 is 66.8 Å². The summed E-state index contributed by atoms with van der Waals surface area (Å²) < 4.78 is 6.20. The van der Waals surface area contributed by atoms with Crippen LogP contribution in [0.1, 0.15) is 0 Å². The standard InChI is InChI=1S/C52H34N2O/c1-4-14-35(15-5-1)37-24-28-47-49(33-37)53(40-18-8-3-9-19-40)50-34-38(36-16-6-2-7-17-36)25-29-48(50)54(47)46-30-27-41(42-20-10-11-21-43(42)46)39-26-31-52-45(32-39)44-22-12-13-23-51(44)55-52/h1-34H. The van der Waals surface area contributed by atoms with Crippen molar-refractivity contribution in [3.05, 3.63) is 206 Å². The maximum Gasteiger partial charge on any atom is 0.135 e. The van der Waals surface area contributed by atoms with Crippen LogP contribution in [0, 0.1) is 0 Å². The first kappa shape index (κ1) is 31.2. The van der Waals surface area contributed by atoms with Gasteiger partial charge in [-0.25, -0.2) is 0 Å². The number of furan rings is 1. The third-order valence-corrected chi connectivity index (χ3v) is 11.0. The van der Waals surface area contributed by atoms with Crippen molar-refractivity contribution in [1.82, 2.24) is 0 Å². The molecule has 0 fully saturated rings. The van der Waals surface area contributed by atoms with Gasteiger partial charge in [-0.2, -0.15) is 0 Å². The number of rotatable bonds is 5. The second-order valence-corrected chi connectivity index (χ2v) is 14.1. The number of fused-ring (bicyclic) bond motifs is 6. The lowest BCUT2D eigenvalue weighted by atomic mass is 9.93. The van der Waals surface area contributed by atoms with Crippen molar-refractivity contribution in [2.75, 3.05) is 9.80 Å². The number of hydrogen-bond donors (Lipinski definition) is 0. The summed E-state index contributed by atoms with van der Waals surface area (Å²) in [5, 5.41) is 4.64. The summed E-state index contributed by atoms with van der Waals surface area (Å²) in [4.78, 5) is 4.90. The molecule has 258 valence electrons. The second-order valence-electron chi connectivity index (χ2n) is 14.1. The highest BCUT2D eigenvalue weighted by molar-refractivity contribution is 6.12. The Morgan fingerprint density at radius 3 is 1.44 bits per heavy atom. The molecule has 9 aromatic carbocycles. The third-order valence-electron chi connectivity index (χ3n) is 11.0. The van der Waals surface area contributed by atoms with E-state index in [2.05, 4.69) is 204 Å². The minimum absolute atomic E-state index is 0.903. The summed E-state index contributed by atoms with van der Waals surface area (Å²) in [5.74, 6) is 0. The lowest BCUT2D eigenvalue weighted by Crippen LogP contribution is -2.24. The van der Waals surface area contributed by atoms with E-state index < -0.39 is 0 Å². The minimum atomic E-state index is 0.903. The van der Waals surface area contributed by atoms with Gasteiger partial charge in [-0.05, 0) is 99.4 Å². The first-order valence-corrected chi connectivity index (χ1v) is 18.8. The molecule has 1 aliphatic rings. The Labute approximate surface area is 319 Å². The largest absolute Gasteiger partial charge is 0.456 e. The topological polar surface area (TPSA) is 19.6 Å². The van der Waals surface area contributed by atoms with Gasteiger partial charge in [0.2, 0.25) is 0 Å². The lowest BCUT2D eigenvalue weighted by Gasteiger charge is -2.41. The Bertz CT molecular complexity index is 2950. The molecule has 0 radical (unpaired) electrons. The molecule has 0 saturated carbocycles. The zero-order valence-corrected chi connectivity index (χ0v) is 29.9. The van der Waals surface area contributed by atoms with E-state index in [0.717, 1.165) is 61.6 Å². The van der Waals surface area contributed by atoms with Gasteiger partial charge in [0.25, 0.3) is 0 Å². The van der Waals surface area contributed by atoms with Crippen molar-refractivity contribution < 1.29 is 4.42 Å². The zero-order chi connectivity index (χ0) is 36.3. The second kappa shape index (κ2) is 12.6. The normalized spacial score (nSPS) is 12.3. The molecule has 0 spiro atoms. The van der Waals surface area contributed by atoms with Crippen LogP contribution in [0.15, 0.2) is 211 Å². The van der Waals surface area contributed by atoms with Crippen molar-refractivity contribution in [3.8, 4) is 33.4 Å². The Hall–Kier alpha value is -7.36. The number of hydrogen-bond acceptors (Lipinski definition) is 3. The van der Waals surface area contributed by atoms with Gasteiger partial charge in [0, 0.05) is 21.8 Å². The summed E-state index contributed by atoms with van der Waals surface area (Å²) in [5.41, 5.74) is 15.6. The highest BCUT2D eigenvalue weighted by atomic mass is 16.3. The molecule has 3 heteroatoms. The molecule has 0 bridgehead atoms. The molecule has 0 unspecified atom stereocenters. The molecule has 10 aromatic rings. The predicted octanol–water partition coefficient (Wildman–Crippen LogP) is 15.0. The lowest BCUT2D eigenvalue weighted by molar-refractivity contribution is 0.669. The maximum atomic E-state index is 6.20. The predicted molar refractivity (Wildman–Crippen MR) is 230 cm³/mol. The van der Waals surface area contributed by atoms with Gasteiger partial charge in [-0.1, -0.05) is 146 Å². The highest BCUT2D eigenvalue weighted by Crippen LogP contribution is 2.57. The molecule has 0 amide bonds. The fourth-order valence-electron chi connectivity index (χ4n) is 8.40. The van der Waals surface area contributed by atoms with Crippen LogP contribution in [-0.2, 0) is 0 Å². The summed E-state index contributed by atoms with van der Waals surface area (Å²) in [6, 6.07) is 74.2. The third kappa shape index (κ3) is 5.13. The first-order chi connectivity index (χ1) is 27.3.